The molecule has 2 aromatic rings. The van der Waals surface area contributed by atoms with E-state index in [1.165, 1.54) is 11.8 Å². The first kappa shape index (κ1) is 19.0. The second-order valence-electron chi connectivity index (χ2n) is 5.39. The van der Waals surface area contributed by atoms with E-state index in [-0.39, 0.29) is 6.54 Å². The SMILES string of the molecule is COc1ccccc1C(=O)NCC(=O)OCC(=O)Nc1cc(C)nn1C. The number of esters is 1. The van der Waals surface area contributed by atoms with Gasteiger partial charge in [0.05, 0.1) is 18.4 Å². The molecule has 138 valence electrons. The van der Waals surface area contributed by atoms with Crippen LogP contribution in [0.2, 0.25) is 0 Å². The molecule has 0 saturated carbocycles. The number of methoxy groups -OCH3 is 1. The van der Waals surface area contributed by atoms with Crippen LogP contribution in [0.5, 0.6) is 5.75 Å². The van der Waals surface area contributed by atoms with Crippen molar-refractivity contribution in [3.8, 4) is 5.75 Å². The Morgan fingerprint density at radius 2 is 1.96 bits per heavy atom. The number of carbonyl (C=O) groups is 3. The molecule has 1 aromatic heterocycles. The molecule has 0 aliphatic rings. The third kappa shape index (κ3) is 5.07. The predicted octanol–water partition coefficient (Wildman–Crippen LogP) is 0.649. The van der Waals surface area contributed by atoms with E-state index in [4.69, 9.17) is 9.47 Å². The van der Waals surface area contributed by atoms with Gasteiger partial charge in [-0.15, -0.1) is 0 Å². The summed E-state index contributed by atoms with van der Waals surface area (Å²) in [5, 5.41) is 9.08. The lowest BCUT2D eigenvalue weighted by atomic mass is 10.2. The molecule has 2 amide bonds. The summed E-state index contributed by atoms with van der Waals surface area (Å²) in [4.78, 5) is 35.5. The maximum absolute atomic E-state index is 12.1. The van der Waals surface area contributed by atoms with Gasteiger partial charge in [-0.25, -0.2) is 0 Å². The number of carbonyl (C=O) groups excluding carboxylic acids is 3. The zero-order valence-electron chi connectivity index (χ0n) is 14.7. The van der Waals surface area contributed by atoms with Gasteiger partial charge in [0.15, 0.2) is 6.61 Å². The van der Waals surface area contributed by atoms with Crippen molar-refractivity contribution in [3.05, 3.63) is 41.6 Å². The van der Waals surface area contributed by atoms with Gasteiger partial charge >= 0.3 is 5.97 Å². The number of amides is 2. The number of anilines is 1. The maximum Gasteiger partial charge on any atom is 0.325 e. The van der Waals surface area contributed by atoms with Crippen LogP contribution in [0.1, 0.15) is 16.1 Å². The van der Waals surface area contributed by atoms with Crippen molar-refractivity contribution < 1.29 is 23.9 Å². The van der Waals surface area contributed by atoms with Gasteiger partial charge in [0.1, 0.15) is 18.1 Å². The molecule has 9 heteroatoms. The Kier molecular flexibility index (Phi) is 6.31. The van der Waals surface area contributed by atoms with Crippen LogP contribution >= 0.6 is 0 Å². The Labute approximate surface area is 150 Å². The van der Waals surface area contributed by atoms with Crippen LogP contribution in [0, 0.1) is 6.92 Å². The first-order valence-electron chi connectivity index (χ1n) is 7.78. The molecule has 2 rings (SSSR count). The van der Waals surface area contributed by atoms with E-state index in [1.54, 1.807) is 44.3 Å². The van der Waals surface area contributed by atoms with Crippen molar-refractivity contribution in [3.63, 3.8) is 0 Å². The van der Waals surface area contributed by atoms with Crippen LogP contribution in [-0.2, 0) is 21.4 Å². The van der Waals surface area contributed by atoms with E-state index in [0.29, 0.717) is 17.1 Å². The van der Waals surface area contributed by atoms with E-state index in [9.17, 15) is 14.4 Å². The number of para-hydroxylation sites is 1. The van der Waals surface area contributed by atoms with Gasteiger partial charge in [-0.3, -0.25) is 19.1 Å². The third-order valence-electron chi connectivity index (χ3n) is 3.38. The van der Waals surface area contributed by atoms with Gasteiger partial charge in [0, 0.05) is 13.1 Å². The van der Waals surface area contributed by atoms with Crippen molar-refractivity contribution in [2.24, 2.45) is 7.05 Å². The molecule has 2 N–H and O–H groups in total. The van der Waals surface area contributed by atoms with Crippen molar-refractivity contribution in [1.82, 2.24) is 15.1 Å². The molecule has 0 fully saturated rings. The number of rotatable bonds is 7. The van der Waals surface area contributed by atoms with E-state index in [0.717, 1.165) is 5.69 Å². The average Bonchev–Trinajstić information content (AvgIpc) is 2.94. The van der Waals surface area contributed by atoms with Gasteiger partial charge in [-0.2, -0.15) is 5.10 Å². The molecule has 0 aliphatic carbocycles. The lowest BCUT2D eigenvalue weighted by Gasteiger charge is -2.09. The molecule has 0 bridgehead atoms. The minimum atomic E-state index is -0.732. The average molecular weight is 360 g/mol. The number of nitrogens with one attached hydrogen (secondary N) is 2. The number of hydrogen-bond donors (Lipinski definition) is 2. The van der Waals surface area contributed by atoms with E-state index in [1.807, 2.05) is 0 Å². The second kappa shape index (κ2) is 8.65. The fraction of sp³-hybridized carbons (Fsp3) is 0.294. The molecular formula is C17H20N4O5. The van der Waals surface area contributed by atoms with Crippen molar-refractivity contribution in [2.45, 2.75) is 6.92 Å². The Bertz CT molecular complexity index is 815. The number of hydrogen-bond acceptors (Lipinski definition) is 6. The molecule has 0 unspecified atom stereocenters. The zero-order chi connectivity index (χ0) is 19.1. The van der Waals surface area contributed by atoms with Crippen LogP contribution in [0.3, 0.4) is 0 Å². The summed E-state index contributed by atoms with van der Waals surface area (Å²) in [6.07, 6.45) is 0. The highest BCUT2D eigenvalue weighted by Crippen LogP contribution is 2.16. The van der Waals surface area contributed by atoms with Crippen LogP contribution in [0.25, 0.3) is 0 Å². The largest absolute Gasteiger partial charge is 0.496 e. The maximum atomic E-state index is 12.1. The topological polar surface area (TPSA) is 112 Å². The van der Waals surface area contributed by atoms with Gasteiger partial charge in [-0.1, -0.05) is 12.1 Å². The fourth-order valence-electron chi connectivity index (χ4n) is 2.18. The quantitative estimate of drug-likeness (QED) is 0.701. The van der Waals surface area contributed by atoms with Crippen LogP contribution < -0.4 is 15.4 Å². The molecule has 0 saturated heterocycles. The fourth-order valence-corrected chi connectivity index (χ4v) is 2.18. The van der Waals surface area contributed by atoms with Gasteiger partial charge in [0.25, 0.3) is 11.8 Å². The highest BCUT2D eigenvalue weighted by molar-refractivity contribution is 5.98. The van der Waals surface area contributed by atoms with Crippen molar-refractivity contribution >= 4 is 23.6 Å². The zero-order valence-corrected chi connectivity index (χ0v) is 14.7. The summed E-state index contributed by atoms with van der Waals surface area (Å²) in [7, 11) is 3.13. The Balaban J connectivity index is 1.77. The number of aromatic nitrogens is 2. The molecule has 0 radical (unpaired) electrons. The predicted molar refractivity (Wildman–Crippen MR) is 92.9 cm³/mol. The summed E-state index contributed by atoms with van der Waals surface area (Å²) in [5.74, 6) is -0.826. The van der Waals surface area contributed by atoms with Gasteiger partial charge in [0.2, 0.25) is 0 Å². The lowest BCUT2D eigenvalue weighted by Crippen LogP contribution is -2.32. The monoisotopic (exact) mass is 360 g/mol. The summed E-state index contributed by atoms with van der Waals surface area (Å²) in [6, 6.07) is 8.31. The molecule has 1 heterocycles. The highest BCUT2D eigenvalue weighted by Gasteiger charge is 2.14. The van der Waals surface area contributed by atoms with E-state index < -0.39 is 24.4 Å². The minimum absolute atomic E-state index is 0.298. The molecule has 0 aliphatic heterocycles. The van der Waals surface area contributed by atoms with Gasteiger partial charge < -0.3 is 20.1 Å². The highest BCUT2D eigenvalue weighted by atomic mass is 16.5. The molecule has 0 spiro atoms. The number of nitrogens with zero attached hydrogens (tertiary/aromatic N) is 2. The van der Waals surface area contributed by atoms with E-state index >= 15 is 0 Å². The first-order valence-corrected chi connectivity index (χ1v) is 7.78. The Morgan fingerprint density at radius 1 is 1.23 bits per heavy atom. The lowest BCUT2D eigenvalue weighted by molar-refractivity contribution is -0.146. The standard InChI is InChI=1S/C17H20N4O5/c1-11-8-14(21(2)20-11)19-15(22)10-26-16(23)9-18-17(24)12-6-4-5-7-13(12)25-3/h4-8H,9-10H2,1-3H3,(H,18,24)(H,19,22). The molecule has 0 atom stereocenters. The molecular weight excluding hydrogens is 340 g/mol. The van der Waals surface area contributed by atoms with Crippen molar-refractivity contribution in [2.75, 3.05) is 25.6 Å². The molecule has 9 nitrogen and oxygen atoms in total. The first-order chi connectivity index (χ1) is 12.4. The third-order valence-corrected chi connectivity index (χ3v) is 3.38. The Morgan fingerprint density at radius 3 is 2.62 bits per heavy atom. The second-order valence-corrected chi connectivity index (χ2v) is 5.39. The van der Waals surface area contributed by atoms with Crippen LogP contribution in [-0.4, -0.2) is 47.8 Å². The summed E-state index contributed by atoms with van der Waals surface area (Å²) in [6.45, 7) is 0.961. The summed E-state index contributed by atoms with van der Waals surface area (Å²) < 4.78 is 11.4. The number of aryl methyl sites for hydroxylation is 2. The van der Waals surface area contributed by atoms with Crippen molar-refractivity contribution in [1.29, 1.82) is 0 Å². The smallest absolute Gasteiger partial charge is 0.325 e. The van der Waals surface area contributed by atoms with E-state index in [2.05, 4.69) is 15.7 Å². The normalized spacial score (nSPS) is 10.1. The van der Waals surface area contributed by atoms with Crippen LogP contribution in [0.15, 0.2) is 30.3 Å². The van der Waals surface area contributed by atoms with Gasteiger partial charge in [-0.05, 0) is 19.1 Å². The summed E-state index contributed by atoms with van der Waals surface area (Å²) in [5.41, 5.74) is 1.05. The summed E-state index contributed by atoms with van der Waals surface area (Å²) >= 11 is 0. The Hall–Kier alpha value is -3.36. The molecule has 26 heavy (non-hydrogen) atoms. The minimum Gasteiger partial charge on any atom is -0.496 e. The molecule has 1 aromatic carbocycles. The number of ether oxygens (including phenoxy) is 2. The number of benzene rings is 1. The van der Waals surface area contributed by atoms with Crippen LogP contribution in [0.4, 0.5) is 5.82 Å².